The fourth-order valence-electron chi connectivity index (χ4n) is 2.59. The maximum atomic E-state index is 12.7. The molecule has 1 unspecified atom stereocenters. The molecule has 1 heterocycles. The molecule has 8 heteroatoms. The van der Waals surface area contributed by atoms with Gasteiger partial charge < -0.3 is 14.6 Å². The molecule has 0 aromatic heterocycles. The van der Waals surface area contributed by atoms with Gasteiger partial charge in [-0.3, -0.25) is 4.79 Å². The van der Waals surface area contributed by atoms with Crippen molar-refractivity contribution in [3.8, 4) is 0 Å². The van der Waals surface area contributed by atoms with Crippen LogP contribution in [0.5, 0.6) is 0 Å². The summed E-state index contributed by atoms with van der Waals surface area (Å²) in [5.41, 5.74) is 0.111. The number of hydrogen-bond donors (Lipinski definition) is 1. The second kappa shape index (κ2) is 6.65. The summed E-state index contributed by atoms with van der Waals surface area (Å²) in [6, 6.07) is 5.34. The van der Waals surface area contributed by atoms with Crippen LogP contribution in [-0.2, 0) is 14.1 Å². The predicted molar refractivity (Wildman–Crippen MR) is 89.4 cm³/mol. The van der Waals surface area contributed by atoms with Crippen molar-refractivity contribution in [3.05, 3.63) is 29.8 Å². The quantitative estimate of drug-likeness (QED) is 0.843. The van der Waals surface area contributed by atoms with Crippen molar-refractivity contribution in [2.75, 3.05) is 0 Å². The fourth-order valence-corrected chi connectivity index (χ4v) is 2.59. The maximum absolute atomic E-state index is 12.7. The number of alkyl halides is 3. The van der Waals surface area contributed by atoms with E-state index in [0.717, 1.165) is 5.46 Å². The molecule has 1 aliphatic heterocycles. The van der Waals surface area contributed by atoms with Gasteiger partial charge in [0.15, 0.2) is 0 Å². The minimum Gasteiger partial charge on any atom is -0.399 e. The van der Waals surface area contributed by atoms with Crippen LogP contribution in [0.25, 0.3) is 0 Å². The highest BCUT2D eigenvalue weighted by molar-refractivity contribution is 6.62. The Bertz CT molecular complexity index is 613. The summed E-state index contributed by atoms with van der Waals surface area (Å²) in [7, 11) is -0.583. The van der Waals surface area contributed by atoms with E-state index in [0.29, 0.717) is 5.56 Å². The van der Waals surface area contributed by atoms with Crippen molar-refractivity contribution in [2.24, 2.45) is 0 Å². The van der Waals surface area contributed by atoms with Gasteiger partial charge in [0.25, 0.3) is 0 Å². The number of nitrogens with one attached hydrogen (secondary N) is 1. The molecule has 1 aromatic rings. The van der Waals surface area contributed by atoms with Crippen LogP contribution in [0.15, 0.2) is 24.3 Å². The molecule has 0 saturated carbocycles. The Hall–Kier alpha value is -1.54. The van der Waals surface area contributed by atoms with E-state index in [1.807, 2.05) is 27.7 Å². The zero-order valence-electron chi connectivity index (χ0n) is 15.0. The maximum Gasteiger partial charge on any atom is 0.494 e. The summed E-state index contributed by atoms with van der Waals surface area (Å²) in [5, 5.41) is 2.35. The Balaban J connectivity index is 2.19. The number of amides is 1. The monoisotopic (exact) mass is 357 g/mol. The molecular weight excluding hydrogens is 334 g/mol. The second-order valence-corrected chi connectivity index (χ2v) is 7.33. The molecule has 4 nitrogen and oxygen atoms in total. The number of carbonyl (C=O) groups is 1. The largest absolute Gasteiger partial charge is 0.494 e. The van der Waals surface area contributed by atoms with Gasteiger partial charge in [0, 0.05) is 6.92 Å². The van der Waals surface area contributed by atoms with E-state index >= 15 is 0 Å². The third-order valence-electron chi connectivity index (χ3n) is 4.68. The minimum atomic E-state index is -4.38. The SMILES string of the molecule is CC(=O)NC(CC(F)(F)F)c1ccc(B2OC(C)(C)C(C)(C)O2)cc1. The van der Waals surface area contributed by atoms with Gasteiger partial charge in [0.05, 0.1) is 23.7 Å². The van der Waals surface area contributed by atoms with Crippen LogP contribution in [0.2, 0.25) is 0 Å². The van der Waals surface area contributed by atoms with Gasteiger partial charge in [-0.2, -0.15) is 13.2 Å². The van der Waals surface area contributed by atoms with Crippen molar-refractivity contribution in [3.63, 3.8) is 0 Å². The van der Waals surface area contributed by atoms with Gasteiger partial charge in [-0.1, -0.05) is 24.3 Å². The first-order valence-corrected chi connectivity index (χ1v) is 8.10. The molecule has 0 spiro atoms. The lowest BCUT2D eigenvalue weighted by atomic mass is 9.78. The molecule has 1 aromatic carbocycles. The summed E-state index contributed by atoms with van der Waals surface area (Å²) in [6.07, 6.45) is -5.50. The van der Waals surface area contributed by atoms with Gasteiger partial charge in [0.2, 0.25) is 5.91 Å². The Kier molecular flexibility index (Phi) is 5.26. The highest BCUT2D eigenvalue weighted by Crippen LogP contribution is 2.36. The predicted octanol–water partition coefficient (Wildman–Crippen LogP) is 3.12. The Morgan fingerprint density at radius 1 is 1.12 bits per heavy atom. The van der Waals surface area contributed by atoms with E-state index in [1.54, 1.807) is 24.3 Å². The van der Waals surface area contributed by atoms with E-state index in [9.17, 15) is 18.0 Å². The van der Waals surface area contributed by atoms with Gasteiger partial charge in [-0.25, -0.2) is 0 Å². The van der Waals surface area contributed by atoms with Crippen LogP contribution in [0.4, 0.5) is 13.2 Å². The molecule has 0 radical (unpaired) electrons. The summed E-state index contributed by atoms with van der Waals surface area (Å²) >= 11 is 0. The van der Waals surface area contributed by atoms with Gasteiger partial charge in [0.1, 0.15) is 0 Å². The topological polar surface area (TPSA) is 47.6 Å². The van der Waals surface area contributed by atoms with E-state index in [-0.39, 0.29) is 0 Å². The van der Waals surface area contributed by atoms with Crippen LogP contribution in [0.3, 0.4) is 0 Å². The summed E-state index contributed by atoms with van der Waals surface area (Å²) in [4.78, 5) is 11.2. The standard InChI is InChI=1S/C17H23BF3NO3/c1-11(23)22-14(10-17(19,20)21)12-6-8-13(9-7-12)18-24-15(2,3)16(4,5)25-18/h6-9,14H,10H2,1-5H3,(H,22,23). The molecule has 138 valence electrons. The van der Waals surface area contributed by atoms with Gasteiger partial charge >= 0.3 is 13.3 Å². The Labute approximate surface area is 146 Å². The van der Waals surface area contributed by atoms with Gasteiger partial charge in [-0.05, 0) is 38.7 Å². The normalized spacial score (nSPS) is 20.4. The molecule has 1 fully saturated rings. The first-order chi connectivity index (χ1) is 11.3. The van der Waals surface area contributed by atoms with Crippen LogP contribution in [0, 0.1) is 0 Å². The minimum absolute atomic E-state index is 0.382. The molecule has 0 bridgehead atoms. The lowest BCUT2D eigenvalue weighted by molar-refractivity contribution is -0.142. The van der Waals surface area contributed by atoms with Crippen LogP contribution in [-0.4, -0.2) is 30.4 Å². The average molecular weight is 357 g/mol. The van der Waals surface area contributed by atoms with Crippen LogP contribution < -0.4 is 10.8 Å². The molecule has 1 atom stereocenters. The molecule has 1 saturated heterocycles. The van der Waals surface area contributed by atoms with E-state index in [1.165, 1.54) is 6.92 Å². The second-order valence-electron chi connectivity index (χ2n) is 7.33. The third-order valence-corrected chi connectivity index (χ3v) is 4.68. The first-order valence-electron chi connectivity index (χ1n) is 8.10. The highest BCUT2D eigenvalue weighted by Gasteiger charge is 2.51. The summed E-state index contributed by atoms with van der Waals surface area (Å²) in [6.45, 7) is 8.91. The average Bonchev–Trinajstić information content (AvgIpc) is 2.65. The van der Waals surface area contributed by atoms with E-state index in [2.05, 4.69) is 5.32 Å². The molecule has 1 aliphatic rings. The number of carbonyl (C=O) groups excluding carboxylic acids is 1. The van der Waals surface area contributed by atoms with E-state index < -0.39 is 42.9 Å². The summed E-state index contributed by atoms with van der Waals surface area (Å²) < 4.78 is 50.1. The number of hydrogen-bond acceptors (Lipinski definition) is 3. The van der Waals surface area contributed by atoms with Gasteiger partial charge in [-0.15, -0.1) is 0 Å². The zero-order chi connectivity index (χ0) is 19.0. The van der Waals surface area contributed by atoms with Crippen molar-refractivity contribution in [1.29, 1.82) is 0 Å². The van der Waals surface area contributed by atoms with Crippen molar-refractivity contribution in [2.45, 2.75) is 64.5 Å². The number of benzene rings is 1. The molecule has 0 aliphatic carbocycles. The number of halogens is 3. The molecule has 25 heavy (non-hydrogen) atoms. The lowest BCUT2D eigenvalue weighted by Crippen LogP contribution is -2.41. The van der Waals surface area contributed by atoms with Crippen molar-refractivity contribution >= 4 is 18.5 Å². The highest BCUT2D eigenvalue weighted by atomic mass is 19.4. The number of rotatable bonds is 4. The van der Waals surface area contributed by atoms with Crippen molar-refractivity contribution in [1.82, 2.24) is 5.32 Å². The van der Waals surface area contributed by atoms with Crippen molar-refractivity contribution < 1.29 is 27.3 Å². The van der Waals surface area contributed by atoms with E-state index in [4.69, 9.17) is 9.31 Å². The lowest BCUT2D eigenvalue weighted by Gasteiger charge is -2.32. The summed E-state index contributed by atoms with van der Waals surface area (Å²) in [5.74, 6) is -0.510. The third kappa shape index (κ3) is 4.76. The Morgan fingerprint density at radius 2 is 1.60 bits per heavy atom. The zero-order valence-corrected chi connectivity index (χ0v) is 15.0. The van der Waals surface area contributed by atoms with Crippen LogP contribution in [0.1, 0.15) is 52.6 Å². The van der Waals surface area contributed by atoms with Crippen LogP contribution >= 0.6 is 0 Å². The smallest absolute Gasteiger partial charge is 0.399 e. The Morgan fingerprint density at radius 3 is 2.00 bits per heavy atom. The fraction of sp³-hybridized carbons (Fsp3) is 0.588. The first kappa shape index (κ1) is 19.8. The molecule has 2 rings (SSSR count). The molecular formula is C17H23BF3NO3. The molecule has 1 N–H and O–H groups in total. The molecule has 1 amide bonds.